The fourth-order valence-corrected chi connectivity index (χ4v) is 5.17. The first kappa shape index (κ1) is 29.7. The van der Waals surface area contributed by atoms with Crippen molar-refractivity contribution in [2.75, 3.05) is 18.8 Å². The molecule has 1 saturated heterocycles. The fourth-order valence-electron chi connectivity index (χ4n) is 5.17. The van der Waals surface area contributed by atoms with E-state index in [2.05, 4.69) is 26.9 Å². The molecule has 12 heteroatoms. The lowest BCUT2D eigenvalue weighted by atomic mass is 9.96. The molecule has 222 valence electrons. The van der Waals surface area contributed by atoms with Gasteiger partial charge in [0.2, 0.25) is 0 Å². The summed E-state index contributed by atoms with van der Waals surface area (Å²) in [6.07, 6.45) is -3.82. The topological polar surface area (TPSA) is 127 Å². The van der Waals surface area contributed by atoms with Crippen LogP contribution in [-0.2, 0) is 17.4 Å². The first-order valence-electron chi connectivity index (χ1n) is 13.6. The Balaban J connectivity index is 1.43. The summed E-state index contributed by atoms with van der Waals surface area (Å²) in [5.41, 5.74) is 8.24. The van der Waals surface area contributed by atoms with Crippen molar-refractivity contribution in [3.8, 4) is 11.8 Å². The summed E-state index contributed by atoms with van der Waals surface area (Å²) in [7, 11) is 0. The number of hydrogen-bond donors (Lipinski definition) is 2. The van der Waals surface area contributed by atoms with Crippen molar-refractivity contribution in [1.82, 2.24) is 24.6 Å². The van der Waals surface area contributed by atoms with Gasteiger partial charge in [-0.3, -0.25) is 9.59 Å². The number of alkyl halides is 3. The summed E-state index contributed by atoms with van der Waals surface area (Å²) >= 11 is 0. The number of nitrogen functional groups attached to an aromatic ring is 1. The maximum Gasteiger partial charge on any atom is 0.416 e. The smallest absolute Gasteiger partial charge is 0.384 e. The van der Waals surface area contributed by atoms with E-state index in [0.717, 1.165) is 11.6 Å². The van der Waals surface area contributed by atoms with Crippen LogP contribution >= 0.6 is 0 Å². The molecule has 4 aromatic rings. The van der Waals surface area contributed by atoms with E-state index < -0.39 is 23.6 Å². The van der Waals surface area contributed by atoms with Crippen molar-refractivity contribution < 1.29 is 27.9 Å². The number of rotatable bonds is 5. The van der Waals surface area contributed by atoms with E-state index in [1.165, 1.54) is 32.3 Å². The van der Waals surface area contributed by atoms with E-state index >= 15 is 0 Å². The number of fused-ring (bicyclic) bond motifs is 1. The third-order valence-corrected chi connectivity index (χ3v) is 7.54. The molecule has 3 heterocycles. The number of anilines is 1. The number of amides is 1. The molecule has 43 heavy (non-hydrogen) atoms. The lowest BCUT2D eigenvalue weighted by Gasteiger charge is -2.18. The number of aliphatic hydroxyl groups excluding tert-OH is 1. The molecule has 2 aromatic carbocycles. The van der Waals surface area contributed by atoms with Crippen molar-refractivity contribution in [2.45, 2.75) is 51.9 Å². The Labute approximate surface area is 245 Å². The Morgan fingerprint density at radius 2 is 1.86 bits per heavy atom. The number of ketones is 1. The predicted octanol–water partition coefficient (Wildman–Crippen LogP) is 4.02. The van der Waals surface area contributed by atoms with Crippen molar-refractivity contribution in [3.05, 3.63) is 81.8 Å². The highest BCUT2D eigenvalue weighted by Gasteiger charge is 2.33. The van der Waals surface area contributed by atoms with E-state index in [-0.39, 0.29) is 35.3 Å². The molecule has 1 fully saturated rings. The normalized spacial score (nSPS) is 15.8. The predicted molar refractivity (Wildman–Crippen MR) is 153 cm³/mol. The largest absolute Gasteiger partial charge is 0.416 e. The van der Waals surface area contributed by atoms with E-state index in [1.54, 1.807) is 27.8 Å². The number of Topliss-reactive ketones (excluding diaryl/α,β-unsaturated/α-hetero) is 1. The molecule has 0 unspecified atom stereocenters. The Morgan fingerprint density at radius 1 is 1.12 bits per heavy atom. The van der Waals surface area contributed by atoms with Crippen LogP contribution in [-0.4, -0.2) is 60.6 Å². The zero-order chi connectivity index (χ0) is 31.1. The lowest BCUT2D eigenvalue weighted by Crippen LogP contribution is -2.36. The Morgan fingerprint density at radius 3 is 2.58 bits per heavy atom. The third kappa shape index (κ3) is 6.08. The van der Waals surface area contributed by atoms with Crippen LogP contribution in [0.5, 0.6) is 0 Å². The number of halogens is 3. The molecular formula is C31H29F3N6O3. The molecular weight excluding hydrogens is 561 g/mol. The summed E-state index contributed by atoms with van der Waals surface area (Å²) in [6, 6.07) is 8.66. The van der Waals surface area contributed by atoms with Gasteiger partial charge >= 0.3 is 6.18 Å². The monoisotopic (exact) mass is 590 g/mol. The molecule has 5 rings (SSSR count). The van der Waals surface area contributed by atoms with E-state index in [1.807, 2.05) is 6.92 Å². The molecule has 1 aliphatic heterocycles. The number of aryl methyl sites for hydroxylation is 2. The number of carbonyl (C=O) groups is 2. The van der Waals surface area contributed by atoms with Crippen LogP contribution in [0.1, 0.15) is 63.3 Å². The number of carbonyl (C=O) groups excluding carboxylic acids is 2. The highest BCUT2D eigenvalue weighted by atomic mass is 19.4. The number of nitrogens with two attached hydrogens (primary N) is 1. The van der Waals surface area contributed by atoms with Crippen molar-refractivity contribution in [1.29, 1.82) is 0 Å². The fraction of sp³-hybridized carbons (Fsp3) is 0.323. The van der Waals surface area contributed by atoms with E-state index in [0.29, 0.717) is 47.4 Å². The van der Waals surface area contributed by atoms with Gasteiger partial charge in [-0.1, -0.05) is 30.2 Å². The molecule has 0 bridgehead atoms. The highest BCUT2D eigenvalue weighted by molar-refractivity contribution is 5.98. The number of likely N-dealkylation sites (tertiary alicyclic amines) is 1. The highest BCUT2D eigenvalue weighted by Crippen LogP contribution is 2.33. The zero-order valence-electron chi connectivity index (χ0n) is 23.7. The SMILES string of the molecule is Cc1ccc(CC(=O)c2ccc(C)c(C(F)(F)F)c2)cc1C#Cc1nn([C@@H]2CCN(C(=O)[C@H](C)O)C2)c2ncnc(N)c12. The molecule has 0 spiro atoms. The van der Waals surface area contributed by atoms with Crippen LogP contribution in [0.4, 0.5) is 19.0 Å². The molecule has 2 aromatic heterocycles. The van der Waals surface area contributed by atoms with Gasteiger partial charge < -0.3 is 15.7 Å². The van der Waals surface area contributed by atoms with Crippen molar-refractivity contribution >= 4 is 28.5 Å². The second-order valence-electron chi connectivity index (χ2n) is 10.7. The number of aromatic nitrogens is 4. The quantitative estimate of drug-likeness (QED) is 0.266. The van der Waals surface area contributed by atoms with Crippen LogP contribution < -0.4 is 5.73 Å². The summed E-state index contributed by atoms with van der Waals surface area (Å²) < 4.78 is 41.8. The van der Waals surface area contributed by atoms with E-state index in [9.17, 15) is 27.9 Å². The Kier molecular flexibility index (Phi) is 7.94. The molecule has 1 amide bonds. The van der Waals surface area contributed by atoms with Crippen molar-refractivity contribution in [3.63, 3.8) is 0 Å². The van der Waals surface area contributed by atoms with Gasteiger partial charge in [-0.05, 0) is 61.9 Å². The Hall–Kier alpha value is -4.76. The minimum Gasteiger partial charge on any atom is -0.384 e. The van der Waals surface area contributed by atoms with Crippen LogP contribution in [0.15, 0.2) is 42.7 Å². The standard InChI is InChI=1S/C31H29F3N6O3/c1-17-4-6-20(13-26(42)22-7-5-18(2)24(14-22)31(32,33)34)12-21(17)8-9-25-27-28(35)36-16-37-29(27)40(38-25)23-10-11-39(15-23)30(43)19(3)41/h4-7,12,14,16,19,23,41H,10-11,13,15H2,1-3H3,(H2,35,36,37)/t19-,23+/m0/s1. The van der Waals surface area contributed by atoms with E-state index in [4.69, 9.17) is 5.73 Å². The molecule has 9 nitrogen and oxygen atoms in total. The first-order valence-corrected chi connectivity index (χ1v) is 13.6. The van der Waals surface area contributed by atoms with Gasteiger partial charge in [-0.25, -0.2) is 14.6 Å². The van der Waals surface area contributed by atoms with Crippen LogP contribution in [0, 0.1) is 25.7 Å². The van der Waals surface area contributed by atoms with Gasteiger partial charge in [0.15, 0.2) is 11.4 Å². The molecule has 1 aliphatic rings. The molecule has 0 saturated carbocycles. The third-order valence-electron chi connectivity index (χ3n) is 7.54. The van der Waals surface area contributed by atoms with Gasteiger partial charge in [0.05, 0.1) is 17.0 Å². The molecule has 0 aliphatic carbocycles. The second-order valence-corrected chi connectivity index (χ2v) is 10.7. The summed E-state index contributed by atoms with van der Waals surface area (Å²) in [6.45, 7) is 5.44. The average molecular weight is 591 g/mol. The number of benzene rings is 2. The van der Waals surface area contributed by atoms with Crippen LogP contribution in [0.25, 0.3) is 11.0 Å². The average Bonchev–Trinajstić information content (AvgIpc) is 3.58. The van der Waals surface area contributed by atoms with Crippen molar-refractivity contribution in [2.24, 2.45) is 0 Å². The molecule has 3 N–H and O–H groups in total. The summed E-state index contributed by atoms with van der Waals surface area (Å²) in [5, 5.41) is 14.8. The number of hydrogen-bond acceptors (Lipinski definition) is 7. The van der Waals surface area contributed by atoms with Gasteiger partial charge in [-0.15, -0.1) is 0 Å². The first-order chi connectivity index (χ1) is 20.3. The van der Waals surface area contributed by atoms with Gasteiger partial charge in [0, 0.05) is 30.6 Å². The maximum absolute atomic E-state index is 13.4. The van der Waals surface area contributed by atoms with Gasteiger partial charge in [0.1, 0.15) is 23.9 Å². The minimum absolute atomic E-state index is 0.0146. The number of nitrogens with zero attached hydrogens (tertiary/aromatic N) is 5. The zero-order valence-corrected chi connectivity index (χ0v) is 23.7. The minimum atomic E-state index is -4.55. The second kappa shape index (κ2) is 11.5. The molecule has 2 atom stereocenters. The van der Waals surface area contributed by atoms with Gasteiger partial charge in [0.25, 0.3) is 5.91 Å². The Bertz CT molecular complexity index is 1800. The van der Waals surface area contributed by atoms with Crippen LogP contribution in [0.2, 0.25) is 0 Å². The maximum atomic E-state index is 13.4. The number of aliphatic hydroxyl groups is 1. The molecule has 0 radical (unpaired) electrons. The lowest BCUT2D eigenvalue weighted by molar-refractivity contribution is -0.138. The summed E-state index contributed by atoms with van der Waals surface area (Å²) in [5.74, 6) is 5.54. The summed E-state index contributed by atoms with van der Waals surface area (Å²) in [4.78, 5) is 35.2. The van der Waals surface area contributed by atoms with Gasteiger partial charge in [-0.2, -0.15) is 18.3 Å². The van der Waals surface area contributed by atoms with Crippen LogP contribution in [0.3, 0.4) is 0 Å².